The highest BCUT2D eigenvalue weighted by molar-refractivity contribution is 5.38. The van der Waals surface area contributed by atoms with Crippen LogP contribution in [0.3, 0.4) is 0 Å². The third-order valence-corrected chi connectivity index (χ3v) is 3.58. The van der Waals surface area contributed by atoms with Gasteiger partial charge in [0.25, 0.3) is 0 Å². The molecular weight excluding hydrogens is 236 g/mol. The van der Waals surface area contributed by atoms with Crippen molar-refractivity contribution < 1.29 is 4.74 Å². The molecule has 98 valence electrons. The van der Waals surface area contributed by atoms with Crippen LogP contribution in [-0.2, 0) is 12.8 Å². The minimum absolute atomic E-state index is 0.180. The van der Waals surface area contributed by atoms with Crippen LogP contribution in [0.25, 0.3) is 0 Å². The molecule has 1 unspecified atom stereocenters. The second kappa shape index (κ2) is 5.41. The van der Waals surface area contributed by atoms with Gasteiger partial charge in [-0.3, -0.25) is 4.98 Å². The molecule has 2 N–H and O–H groups in total. The summed E-state index contributed by atoms with van der Waals surface area (Å²) in [5.74, 6) is 0.891. The van der Waals surface area contributed by atoms with Crippen LogP contribution in [0.2, 0.25) is 0 Å². The maximum absolute atomic E-state index is 5.99. The number of hydrogen-bond acceptors (Lipinski definition) is 3. The van der Waals surface area contributed by atoms with Gasteiger partial charge in [0.2, 0.25) is 0 Å². The summed E-state index contributed by atoms with van der Waals surface area (Å²) in [4.78, 5) is 4.31. The zero-order chi connectivity index (χ0) is 13.1. The van der Waals surface area contributed by atoms with E-state index in [2.05, 4.69) is 17.1 Å². The molecule has 3 nitrogen and oxygen atoms in total. The molecule has 1 atom stereocenters. The number of nitrogens with zero attached hydrogens (tertiary/aromatic N) is 1. The quantitative estimate of drug-likeness (QED) is 0.912. The Morgan fingerprint density at radius 3 is 2.84 bits per heavy atom. The lowest BCUT2D eigenvalue weighted by molar-refractivity contribution is 0.209. The van der Waals surface area contributed by atoms with Gasteiger partial charge in [-0.05, 0) is 54.7 Å². The number of nitrogens with two attached hydrogens (primary N) is 1. The summed E-state index contributed by atoms with van der Waals surface area (Å²) in [5.41, 5.74) is 9.55. The van der Waals surface area contributed by atoms with Crippen molar-refractivity contribution in [1.82, 2.24) is 4.98 Å². The lowest BCUT2D eigenvalue weighted by Crippen LogP contribution is -2.19. The van der Waals surface area contributed by atoms with Crippen LogP contribution in [0.4, 0.5) is 0 Å². The Balaban J connectivity index is 1.80. The second-order valence-corrected chi connectivity index (χ2v) is 4.88. The van der Waals surface area contributed by atoms with E-state index in [-0.39, 0.29) is 6.10 Å². The predicted molar refractivity (Wildman–Crippen MR) is 75.1 cm³/mol. The van der Waals surface area contributed by atoms with Crippen molar-refractivity contribution in [2.45, 2.75) is 25.4 Å². The smallest absolute Gasteiger partial charge is 0.153 e. The number of rotatable bonds is 4. The lowest BCUT2D eigenvalue weighted by Gasteiger charge is -2.17. The molecule has 19 heavy (non-hydrogen) atoms. The van der Waals surface area contributed by atoms with Gasteiger partial charge in [-0.1, -0.05) is 12.1 Å². The van der Waals surface area contributed by atoms with Gasteiger partial charge in [-0.2, -0.15) is 0 Å². The monoisotopic (exact) mass is 254 g/mol. The van der Waals surface area contributed by atoms with Crippen molar-refractivity contribution in [2.24, 2.45) is 5.73 Å². The largest absolute Gasteiger partial charge is 0.483 e. The van der Waals surface area contributed by atoms with E-state index in [1.165, 1.54) is 24.0 Å². The third kappa shape index (κ3) is 2.61. The number of aromatic nitrogens is 1. The standard InChI is InChI=1S/C16H18N2O/c17-11-16(15-6-1-2-9-18-15)19-14-8-7-12-4-3-5-13(12)10-14/h1-2,6-10,16H,3-5,11,17H2. The van der Waals surface area contributed by atoms with Crippen molar-refractivity contribution in [2.75, 3.05) is 6.54 Å². The van der Waals surface area contributed by atoms with E-state index in [0.29, 0.717) is 6.54 Å². The average Bonchev–Trinajstić information content (AvgIpc) is 2.93. The van der Waals surface area contributed by atoms with E-state index in [4.69, 9.17) is 10.5 Å². The Hall–Kier alpha value is -1.87. The lowest BCUT2D eigenvalue weighted by atomic mass is 10.1. The highest BCUT2D eigenvalue weighted by Crippen LogP contribution is 2.28. The first-order valence-corrected chi connectivity index (χ1v) is 6.76. The molecule has 0 bridgehead atoms. The maximum atomic E-state index is 5.99. The van der Waals surface area contributed by atoms with Crippen molar-refractivity contribution in [1.29, 1.82) is 0 Å². The van der Waals surface area contributed by atoms with Crippen molar-refractivity contribution >= 4 is 0 Å². The molecule has 0 radical (unpaired) electrons. The zero-order valence-corrected chi connectivity index (χ0v) is 10.9. The topological polar surface area (TPSA) is 48.1 Å². The first-order valence-electron chi connectivity index (χ1n) is 6.76. The van der Waals surface area contributed by atoms with Crippen LogP contribution in [0, 0.1) is 0 Å². The first kappa shape index (κ1) is 12.2. The SMILES string of the molecule is NCC(Oc1ccc2c(c1)CCC2)c1ccccn1. The molecule has 2 aromatic rings. The first-order chi connectivity index (χ1) is 9.36. The number of fused-ring (bicyclic) bond motifs is 1. The fourth-order valence-corrected chi connectivity index (χ4v) is 2.58. The Bertz CT molecular complexity index is 554. The number of benzene rings is 1. The van der Waals surface area contributed by atoms with Crippen LogP contribution in [-0.4, -0.2) is 11.5 Å². The maximum Gasteiger partial charge on any atom is 0.153 e. The number of aryl methyl sites for hydroxylation is 2. The van der Waals surface area contributed by atoms with Crippen LogP contribution in [0.1, 0.15) is 29.3 Å². The molecule has 0 saturated heterocycles. The highest BCUT2D eigenvalue weighted by atomic mass is 16.5. The molecule has 1 aliphatic rings. The summed E-state index contributed by atoms with van der Waals surface area (Å²) in [6.07, 6.45) is 5.18. The fraction of sp³-hybridized carbons (Fsp3) is 0.312. The number of hydrogen-bond donors (Lipinski definition) is 1. The van der Waals surface area contributed by atoms with E-state index in [0.717, 1.165) is 17.9 Å². The molecule has 1 aromatic carbocycles. The van der Waals surface area contributed by atoms with Gasteiger partial charge >= 0.3 is 0 Å². The molecule has 3 heteroatoms. The molecule has 1 aliphatic carbocycles. The van der Waals surface area contributed by atoms with E-state index in [1.807, 2.05) is 24.3 Å². The fourth-order valence-electron chi connectivity index (χ4n) is 2.58. The van der Waals surface area contributed by atoms with Crippen LogP contribution in [0.5, 0.6) is 5.75 Å². The van der Waals surface area contributed by atoms with Crippen LogP contribution >= 0.6 is 0 Å². The van der Waals surface area contributed by atoms with Gasteiger partial charge < -0.3 is 10.5 Å². The van der Waals surface area contributed by atoms with Gasteiger partial charge in [-0.25, -0.2) is 0 Å². The summed E-state index contributed by atoms with van der Waals surface area (Å²) in [5, 5.41) is 0. The second-order valence-electron chi connectivity index (χ2n) is 4.88. The van der Waals surface area contributed by atoms with E-state index >= 15 is 0 Å². The Kier molecular flexibility index (Phi) is 3.47. The number of ether oxygens (including phenoxy) is 1. The highest BCUT2D eigenvalue weighted by Gasteiger charge is 2.15. The molecule has 0 saturated carbocycles. The molecule has 0 fully saturated rings. The van der Waals surface area contributed by atoms with Crippen molar-refractivity contribution in [3.05, 3.63) is 59.4 Å². The van der Waals surface area contributed by atoms with Crippen molar-refractivity contribution in [3.63, 3.8) is 0 Å². The van der Waals surface area contributed by atoms with E-state index in [1.54, 1.807) is 6.20 Å². The van der Waals surface area contributed by atoms with Gasteiger partial charge in [0.1, 0.15) is 5.75 Å². The predicted octanol–water partition coefficient (Wildman–Crippen LogP) is 2.65. The number of pyridine rings is 1. The average molecular weight is 254 g/mol. The van der Waals surface area contributed by atoms with Crippen LogP contribution in [0.15, 0.2) is 42.6 Å². The Morgan fingerprint density at radius 2 is 2.05 bits per heavy atom. The molecule has 0 aliphatic heterocycles. The Morgan fingerprint density at radius 1 is 1.16 bits per heavy atom. The molecule has 1 heterocycles. The Labute approximate surface area is 113 Å². The summed E-state index contributed by atoms with van der Waals surface area (Å²) in [7, 11) is 0. The summed E-state index contributed by atoms with van der Waals surface area (Å²) in [6, 6.07) is 12.2. The molecule has 0 amide bonds. The summed E-state index contributed by atoms with van der Waals surface area (Å²) in [6.45, 7) is 0.425. The minimum atomic E-state index is -0.180. The minimum Gasteiger partial charge on any atom is -0.483 e. The zero-order valence-electron chi connectivity index (χ0n) is 10.9. The van der Waals surface area contributed by atoms with Gasteiger partial charge in [-0.15, -0.1) is 0 Å². The molecule has 3 rings (SSSR count). The van der Waals surface area contributed by atoms with Crippen molar-refractivity contribution in [3.8, 4) is 5.75 Å². The molecular formula is C16H18N2O. The van der Waals surface area contributed by atoms with E-state index in [9.17, 15) is 0 Å². The van der Waals surface area contributed by atoms with Gasteiger partial charge in [0.15, 0.2) is 6.10 Å². The van der Waals surface area contributed by atoms with Gasteiger partial charge in [0, 0.05) is 12.7 Å². The van der Waals surface area contributed by atoms with E-state index < -0.39 is 0 Å². The summed E-state index contributed by atoms with van der Waals surface area (Å²) >= 11 is 0. The summed E-state index contributed by atoms with van der Waals surface area (Å²) < 4.78 is 5.99. The molecule has 1 aromatic heterocycles. The van der Waals surface area contributed by atoms with Gasteiger partial charge in [0.05, 0.1) is 5.69 Å². The normalized spacial score (nSPS) is 15.0. The third-order valence-electron chi connectivity index (χ3n) is 3.58. The van der Waals surface area contributed by atoms with Crippen LogP contribution < -0.4 is 10.5 Å². The molecule has 0 spiro atoms.